The molecule has 1 heteroatoms. The normalized spacial score (nSPS) is 11.8. The fourth-order valence-corrected chi connectivity index (χ4v) is 2.71. The summed E-state index contributed by atoms with van der Waals surface area (Å²) in [5.41, 5.74) is 4.95. The summed E-state index contributed by atoms with van der Waals surface area (Å²) in [4.78, 5) is 4.84. The second-order valence-electron chi connectivity index (χ2n) is 6.78. The molecule has 0 atom stereocenters. The van der Waals surface area contributed by atoms with Gasteiger partial charge in [-0.3, -0.25) is 0 Å². The molecule has 3 aromatic rings. The molecule has 2 aromatic carbocycles. The van der Waals surface area contributed by atoms with Crippen LogP contribution in [-0.4, -0.2) is 4.98 Å². The van der Waals surface area contributed by atoms with Crippen LogP contribution in [-0.2, 0) is 6.42 Å². The maximum Gasteiger partial charge on any atom is 0.0712 e. The predicted octanol–water partition coefficient (Wildman–Crippen LogP) is 5.49. The maximum absolute atomic E-state index is 4.84. The SMILES string of the molecule is CC(C)(C)Cc1cccc2nc(-c3ccccc3)ccc12. The van der Waals surface area contributed by atoms with Crippen molar-refractivity contribution in [2.24, 2.45) is 5.41 Å². The molecule has 0 N–H and O–H groups in total. The second kappa shape index (κ2) is 5.33. The van der Waals surface area contributed by atoms with Crippen molar-refractivity contribution in [2.45, 2.75) is 27.2 Å². The molecule has 0 saturated heterocycles. The molecular formula is C20H21N. The predicted molar refractivity (Wildman–Crippen MR) is 90.3 cm³/mol. The van der Waals surface area contributed by atoms with Crippen molar-refractivity contribution in [3.63, 3.8) is 0 Å². The summed E-state index contributed by atoms with van der Waals surface area (Å²) in [6, 6.07) is 21.1. The lowest BCUT2D eigenvalue weighted by Crippen LogP contribution is -2.09. The Kier molecular flexibility index (Phi) is 3.50. The van der Waals surface area contributed by atoms with Gasteiger partial charge in [0.15, 0.2) is 0 Å². The number of fused-ring (bicyclic) bond motifs is 1. The molecule has 0 spiro atoms. The molecule has 0 fully saturated rings. The van der Waals surface area contributed by atoms with E-state index in [0.29, 0.717) is 0 Å². The summed E-state index contributed by atoms with van der Waals surface area (Å²) in [5.74, 6) is 0. The lowest BCUT2D eigenvalue weighted by Gasteiger charge is -2.19. The quantitative estimate of drug-likeness (QED) is 0.602. The van der Waals surface area contributed by atoms with Crippen LogP contribution in [0.5, 0.6) is 0 Å². The molecule has 1 nitrogen and oxygen atoms in total. The first-order valence-electron chi connectivity index (χ1n) is 7.47. The van der Waals surface area contributed by atoms with E-state index in [2.05, 4.69) is 75.4 Å². The Bertz CT molecular complexity index is 752. The first kappa shape index (κ1) is 13.8. The number of hydrogen-bond donors (Lipinski definition) is 0. The summed E-state index contributed by atoms with van der Waals surface area (Å²) < 4.78 is 0. The van der Waals surface area contributed by atoms with Gasteiger partial charge in [0.25, 0.3) is 0 Å². The average molecular weight is 275 g/mol. The lowest BCUT2D eigenvalue weighted by molar-refractivity contribution is 0.412. The molecule has 0 aliphatic rings. The van der Waals surface area contributed by atoms with Gasteiger partial charge in [0.05, 0.1) is 11.2 Å². The number of hydrogen-bond acceptors (Lipinski definition) is 1. The summed E-state index contributed by atoms with van der Waals surface area (Å²) >= 11 is 0. The van der Waals surface area contributed by atoms with Crippen LogP contribution >= 0.6 is 0 Å². The Morgan fingerprint density at radius 1 is 0.810 bits per heavy atom. The highest BCUT2D eigenvalue weighted by Crippen LogP contribution is 2.27. The van der Waals surface area contributed by atoms with Crippen molar-refractivity contribution in [1.82, 2.24) is 4.98 Å². The second-order valence-corrected chi connectivity index (χ2v) is 6.78. The van der Waals surface area contributed by atoms with E-state index in [4.69, 9.17) is 4.98 Å². The highest BCUT2D eigenvalue weighted by Gasteiger charge is 2.13. The summed E-state index contributed by atoms with van der Waals surface area (Å²) in [5, 5.41) is 1.27. The van der Waals surface area contributed by atoms with Gasteiger partial charge in [-0.25, -0.2) is 4.98 Å². The van der Waals surface area contributed by atoms with Gasteiger partial charge < -0.3 is 0 Å². The van der Waals surface area contributed by atoms with Gasteiger partial charge in [-0.1, -0.05) is 69.3 Å². The van der Waals surface area contributed by atoms with Crippen molar-refractivity contribution in [1.29, 1.82) is 0 Å². The Morgan fingerprint density at radius 3 is 2.29 bits per heavy atom. The number of rotatable bonds is 2. The van der Waals surface area contributed by atoms with E-state index in [1.165, 1.54) is 16.5 Å². The fraction of sp³-hybridized carbons (Fsp3) is 0.250. The van der Waals surface area contributed by atoms with E-state index < -0.39 is 0 Å². The highest BCUT2D eigenvalue weighted by atomic mass is 14.7. The van der Waals surface area contributed by atoms with Gasteiger partial charge >= 0.3 is 0 Å². The minimum Gasteiger partial charge on any atom is -0.248 e. The maximum atomic E-state index is 4.84. The summed E-state index contributed by atoms with van der Waals surface area (Å²) in [6.07, 6.45) is 1.07. The van der Waals surface area contributed by atoms with Crippen LogP contribution in [0.1, 0.15) is 26.3 Å². The number of aromatic nitrogens is 1. The molecule has 21 heavy (non-hydrogen) atoms. The minimum absolute atomic E-state index is 0.284. The van der Waals surface area contributed by atoms with E-state index in [9.17, 15) is 0 Å². The van der Waals surface area contributed by atoms with Gasteiger partial charge in [0.1, 0.15) is 0 Å². The Balaban J connectivity index is 2.08. The van der Waals surface area contributed by atoms with Crippen LogP contribution in [0.3, 0.4) is 0 Å². The summed E-state index contributed by atoms with van der Waals surface area (Å²) in [7, 11) is 0. The molecule has 3 rings (SSSR count). The van der Waals surface area contributed by atoms with E-state index in [0.717, 1.165) is 17.6 Å². The zero-order valence-electron chi connectivity index (χ0n) is 12.9. The Hall–Kier alpha value is -2.15. The zero-order chi connectivity index (χ0) is 14.9. The third-order valence-electron chi connectivity index (χ3n) is 3.61. The van der Waals surface area contributed by atoms with Crippen LogP contribution in [0.25, 0.3) is 22.2 Å². The van der Waals surface area contributed by atoms with E-state index >= 15 is 0 Å². The van der Waals surface area contributed by atoms with Gasteiger partial charge in [0.2, 0.25) is 0 Å². The van der Waals surface area contributed by atoms with Crippen molar-refractivity contribution in [2.75, 3.05) is 0 Å². The van der Waals surface area contributed by atoms with Crippen molar-refractivity contribution < 1.29 is 0 Å². The van der Waals surface area contributed by atoms with E-state index in [1.54, 1.807) is 0 Å². The third kappa shape index (κ3) is 3.13. The first-order valence-corrected chi connectivity index (χ1v) is 7.47. The molecule has 0 saturated carbocycles. The number of benzene rings is 2. The van der Waals surface area contributed by atoms with Crippen molar-refractivity contribution in [3.05, 3.63) is 66.2 Å². The molecule has 1 heterocycles. The molecule has 0 bridgehead atoms. The monoisotopic (exact) mass is 275 g/mol. The van der Waals surface area contributed by atoms with Gasteiger partial charge in [0, 0.05) is 10.9 Å². The van der Waals surface area contributed by atoms with Crippen LogP contribution < -0.4 is 0 Å². The zero-order valence-corrected chi connectivity index (χ0v) is 12.9. The summed E-state index contributed by atoms with van der Waals surface area (Å²) in [6.45, 7) is 6.83. The van der Waals surface area contributed by atoms with Crippen LogP contribution in [0, 0.1) is 5.41 Å². The Labute approximate surface area is 126 Å². The average Bonchev–Trinajstić information content (AvgIpc) is 2.46. The van der Waals surface area contributed by atoms with Gasteiger partial charge in [-0.15, -0.1) is 0 Å². The fourth-order valence-electron chi connectivity index (χ4n) is 2.71. The highest BCUT2D eigenvalue weighted by molar-refractivity contribution is 5.84. The molecular weight excluding hydrogens is 254 g/mol. The number of nitrogens with zero attached hydrogens (tertiary/aromatic N) is 1. The van der Waals surface area contributed by atoms with E-state index in [1.807, 2.05) is 6.07 Å². The first-order chi connectivity index (χ1) is 10.0. The van der Waals surface area contributed by atoms with Gasteiger partial charge in [-0.05, 0) is 29.5 Å². The third-order valence-corrected chi connectivity index (χ3v) is 3.61. The minimum atomic E-state index is 0.284. The van der Waals surface area contributed by atoms with Crippen molar-refractivity contribution in [3.8, 4) is 11.3 Å². The molecule has 0 aliphatic heterocycles. The van der Waals surface area contributed by atoms with Crippen LogP contribution in [0.15, 0.2) is 60.7 Å². The van der Waals surface area contributed by atoms with Crippen LogP contribution in [0.4, 0.5) is 0 Å². The molecule has 106 valence electrons. The van der Waals surface area contributed by atoms with Crippen LogP contribution in [0.2, 0.25) is 0 Å². The van der Waals surface area contributed by atoms with Gasteiger partial charge in [-0.2, -0.15) is 0 Å². The Morgan fingerprint density at radius 2 is 1.57 bits per heavy atom. The molecule has 0 radical (unpaired) electrons. The standard InChI is InChI=1S/C20H21N/c1-20(2,3)14-16-10-7-11-19-17(16)12-13-18(21-19)15-8-5-4-6-9-15/h4-13H,14H2,1-3H3. The topological polar surface area (TPSA) is 12.9 Å². The molecule has 1 aromatic heterocycles. The lowest BCUT2D eigenvalue weighted by atomic mass is 9.86. The largest absolute Gasteiger partial charge is 0.248 e. The molecule has 0 aliphatic carbocycles. The molecule has 0 amide bonds. The molecule has 0 unspecified atom stereocenters. The van der Waals surface area contributed by atoms with E-state index in [-0.39, 0.29) is 5.41 Å². The van der Waals surface area contributed by atoms with Crippen molar-refractivity contribution >= 4 is 10.9 Å². The smallest absolute Gasteiger partial charge is 0.0712 e. The number of pyridine rings is 1.